The van der Waals surface area contributed by atoms with Crippen molar-refractivity contribution < 1.29 is 9.59 Å². The Balaban J connectivity index is 1.44. The third kappa shape index (κ3) is 4.79. The molecule has 0 amide bonds. The molecule has 0 N–H and O–H groups in total. The summed E-state index contributed by atoms with van der Waals surface area (Å²) in [5, 5.41) is 4.24. The summed E-state index contributed by atoms with van der Waals surface area (Å²) >= 11 is 0. The van der Waals surface area contributed by atoms with Crippen molar-refractivity contribution in [3.63, 3.8) is 0 Å². The Bertz CT molecular complexity index is 1120. The quantitative estimate of drug-likeness (QED) is 0.455. The molecule has 1 saturated heterocycles. The zero-order valence-corrected chi connectivity index (χ0v) is 17.9. The predicted molar refractivity (Wildman–Crippen MR) is 122 cm³/mol. The number of pyridine rings is 1. The molecule has 1 aliphatic heterocycles. The lowest BCUT2D eigenvalue weighted by atomic mass is 10.1. The van der Waals surface area contributed by atoms with Crippen LogP contribution in [0.2, 0.25) is 0 Å². The smallest absolute Gasteiger partial charge is 0.278 e. The number of nitrogens with zero attached hydrogens (tertiary/aromatic N) is 4. The number of carbonyl (C=O) groups is 2. The first-order valence-corrected chi connectivity index (χ1v) is 10.6. The number of allylic oxidation sites excluding steroid dienone is 1. The minimum Gasteiger partial charge on any atom is -0.357 e. The van der Waals surface area contributed by atoms with Crippen LogP contribution >= 0.6 is 0 Å². The monoisotopic (exact) mass is 414 g/mol. The van der Waals surface area contributed by atoms with Crippen LogP contribution in [0.4, 0.5) is 5.82 Å². The lowest BCUT2D eigenvalue weighted by Crippen LogP contribution is -2.30. The van der Waals surface area contributed by atoms with Crippen molar-refractivity contribution in [2.45, 2.75) is 33.1 Å². The van der Waals surface area contributed by atoms with E-state index in [0.717, 1.165) is 48.7 Å². The van der Waals surface area contributed by atoms with Crippen LogP contribution < -0.4 is 4.90 Å². The Labute approximate surface area is 182 Å². The van der Waals surface area contributed by atoms with Crippen LogP contribution in [0.5, 0.6) is 0 Å². The van der Waals surface area contributed by atoms with Gasteiger partial charge in [-0.15, -0.1) is 0 Å². The first-order valence-electron chi connectivity index (χ1n) is 10.6. The molecule has 0 aliphatic carbocycles. The third-order valence-electron chi connectivity index (χ3n) is 5.45. The number of rotatable bonds is 5. The Morgan fingerprint density at radius 2 is 1.71 bits per heavy atom. The number of benzene rings is 1. The molecule has 0 bridgehead atoms. The first kappa shape index (κ1) is 20.7. The second-order valence-corrected chi connectivity index (χ2v) is 7.89. The molecule has 4 rings (SSSR count). The Hall–Kier alpha value is -3.54. The lowest BCUT2D eigenvalue weighted by molar-refractivity contribution is 0.0941. The third-order valence-corrected chi connectivity index (χ3v) is 5.45. The van der Waals surface area contributed by atoms with Gasteiger partial charge < -0.3 is 4.90 Å². The molecule has 0 saturated carbocycles. The minimum atomic E-state index is -0.170. The zero-order valence-electron chi connectivity index (χ0n) is 17.9. The van der Waals surface area contributed by atoms with E-state index in [1.54, 1.807) is 24.3 Å². The average Bonchev–Trinajstić information content (AvgIpc) is 3.15. The molecule has 158 valence electrons. The Kier molecular flexibility index (Phi) is 6.07. The number of piperidine rings is 1. The lowest BCUT2D eigenvalue weighted by Gasteiger charge is -2.27. The van der Waals surface area contributed by atoms with Gasteiger partial charge in [0.15, 0.2) is 0 Å². The first-order chi connectivity index (χ1) is 15.0. The Morgan fingerprint density at radius 3 is 2.39 bits per heavy atom. The molecule has 1 fully saturated rings. The number of hydrogen-bond acceptors (Lipinski definition) is 5. The minimum absolute atomic E-state index is 0.137. The van der Waals surface area contributed by atoms with E-state index >= 15 is 0 Å². The van der Waals surface area contributed by atoms with Gasteiger partial charge in [-0.1, -0.05) is 24.3 Å². The summed E-state index contributed by atoms with van der Waals surface area (Å²) < 4.78 is 1.41. The highest BCUT2D eigenvalue weighted by atomic mass is 16.2. The standard InChI is InChI=1S/C25H26N4O2/c1-18-17-19(2)29(27-18)25(31)21-12-9-20(10-13-21)11-14-23(30)22-7-6-8-24(26-22)28-15-4-3-5-16-28/h6-14,17H,3-5,15-16H2,1-2H3. The van der Waals surface area contributed by atoms with Gasteiger partial charge in [-0.3, -0.25) is 9.59 Å². The van der Waals surface area contributed by atoms with Gasteiger partial charge in [-0.05, 0) is 75.1 Å². The van der Waals surface area contributed by atoms with Crippen LogP contribution in [0.3, 0.4) is 0 Å². The van der Waals surface area contributed by atoms with E-state index in [-0.39, 0.29) is 11.7 Å². The predicted octanol–water partition coefficient (Wildman–Crippen LogP) is 4.47. The summed E-state index contributed by atoms with van der Waals surface area (Å²) in [6.07, 6.45) is 6.86. The molecule has 0 atom stereocenters. The fraction of sp³-hybridized carbons (Fsp3) is 0.280. The van der Waals surface area contributed by atoms with Crippen LogP contribution in [0.25, 0.3) is 6.08 Å². The number of carbonyl (C=O) groups excluding carboxylic acids is 2. The normalized spacial score (nSPS) is 14.2. The molecule has 3 heterocycles. The molecule has 1 aliphatic rings. The van der Waals surface area contributed by atoms with Gasteiger partial charge in [-0.2, -0.15) is 5.10 Å². The van der Waals surface area contributed by atoms with Crippen molar-refractivity contribution in [1.29, 1.82) is 0 Å². The molecule has 0 spiro atoms. The van der Waals surface area contributed by atoms with Crippen LogP contribution in [-0.2, 0) is 0 Å². The van der Waals surface area contributed by atoms with Gasteiger partial charge in [0.25, 0.3) is 5.91 Å². The topological polar surface area (TPSA) is 68.1 Å². The van der Waals surface area contributed by atoms with Crippen molar-refractivity contribution in [3.8, 4) is 0 Å². The summed E-state index contributed by atoms with van der Waals surface area (Å²) in [6, 6.07) is 14.6. The van der Waals surface area contributed by atoms with Gasteiger partial charge in [0.2, 0.25) is 5.78 Å². The van der Waals surface area contributed by atoms with Gasteiger partial charge in [-0.25, -0.2) is 9.67 Å². The number of aryl methyl sites for hydroxylation is 2. The van der Waals surface area contributed by atoms with E-state index in [4.69, 9.17) is 0 Å². The van der Waals surface area contributed by atoms with Gasteiger partial charge in [0.05, 0.1) is 5.69 Å². The largest absolute Gasteiger partial charge is 0.357 e. The maximum Gasteiger partial charge on any atom is 0.278 e. The van der Waals surface area contributed by atoms with Crippen LogP contribution in [0.1, 0.15) is 57.1 Å². The van der Waals surface area contributed by atoms with E-state index in [9.17, 15) is 9.59 Å². The maximum absolute atomic E-state index is 12.6. The van der Waals surface area contributed by atoms with E-state index in [1.807, 2.05) is 44.2 Å². The molecular formula is C25H26N4O2. The molecule has 3 aromatic rings. The molecule has 6 heteroatoms. The fourth-order valence-corrected chi connectivity index (χ4v) is 3.81. The fourth-order valence-electron chi connectivity index (χ4n) is 3.81. The van der Waals surface area contributed by atoms with Crippen molar-refractivity contribution in [2.24, 2.45) is 0 Å². The summed E-state index contributed by atoms with van der Waals surface area (Å²) in [5.74, 6) is 0.559. The van der Waals surface area contributed by atoms with E-state index in [2.05, 4.69) is 15.0 Å². The molecule has 2 aromatic heterocycles. The van der Waals surface area contributed by atoms with Crippen molar-refractivity contribution in [2.75, 3.05) is 18.0 Å². The van der Waals surface area contributed by atoms with Crippen LogP contribution in [0, 0.1) is 13.8 Å². The van der Waals surface area contributed by atoms with E-state index in [1.165, 1.54) is 17.2 Å². The van der Waals surface area contributed by atoms with Crippen LogP contribution in [0.15, 0.2) is 54.6 Å². The van der Waals surface area contributed by atoms with E-state index in [0.29, 0.717) is 11.3 Å². The molecular weight excluding hydrogens is 388 g/mol. The second kappa shape index (κ2) is 9.08. The van der Waals surface area contributed by atoms with Crippen molar-refractivity contribution in [3.05, 3.63) is 82.8 Å². The zero-order chi connectivity index (χ0) is 21.8. The number of aromatic nitrogens is 3. The molecule has 31 heavy (non-hydrogen) atoms. The maximum atomic E-state index is 12.6. The highest BCUT2D eigenvalue weighted by molar-refractivity contribution is 6.05. The highest BCUT2D eigenvalue weighted by Gasteiger charge is 2.14. The number of ketones is 1. The van der Waals surface area contributed by atoms with E-state index < -0.39 is 0 Å². The summed E-state index contributed by atoms with van der Waals surface area (Å²) in [4.78, 5) is 32.0. The van der Waals surface area contributed by atoms with Crippen molar-refractivity contribution >= 4 is 23.6 Å². The molecule has 0 radical (unpaired) electrons. The van der Waals surface area contributed by atoms with Crippen molar-refractivity contribution in [1.82, 2.24) is 14.8 Å². The SMILES string of the molecule is Cc1cc(C)n(C(=O)c2ccc(C=CC(=O)c3cccc(N4CCCCC4)n3)cc2)n1. The number of anilines is 1. The molecule has 6 nitrogen and oxygen atoms in total. The summed E-state index contributed by atoms with van der Waals surface area (Å²) in [6.45, 7) is 5.69. The summed E-state index contributed by atoms with van der Waals surface area (Å²) in [7, 11) is 0. The van der Waals surface area contributed by atoms with Crippen LogP contribution in [-0.4, -0.2) is 39.5 Å². The van der Waals surface area contributed by atoms with Gasteiger partial charge in [0.1, 0.15) is 11.5 Å². The Morgan fingerprint density at radius 1 is 0.968 bits per heavy atom. The summed E-state index contributed by atoms with van der Waals surface area (Å²) in [5.41, 5.74) is 3.44. The van der Waals surface area contributed by atoms with Gasteiger partial charge in [0, 0.05) is 24.3 Å². The molecule has 0 unspecified atom stereocenters. The number of hydrogen-bond donors (Lipinski definition) is 0. The molecule has 1 aromatic carbocycles. The average molecular weight is 415 g/mol. The second-order valence-electron chi connectivity index (χ2n) is 7.89. The van der Waals surface area contributed by atoms with Gasteiger partial charge >= 0.3 is 0 Å². The highest BCUT2D eigenvalue weighted by Crippen LogP contribution is 2.18.